The van der Waals surface area contributed by atoms with Gasteiger partial charge < -0.3 is 0 Å². The highest BCUT2D eigenvalue weighted by Crippen LogP contribution is 2.50. The van der Waals surface area contributed by atoms with Crippen LogP contribution in [0.1, 0.15) is 102 Å². The van der Waals surface area contributed by atoms with E-state index in [1.54, 1.807) is 0 Å². The zero-order chi connectivity index (χ0) is 35.8. The number of rotatable bonds is 8. The minimum Gasteiger partial charge on any atom is -0.245 e. The van der Waals surface area contributed by atoms with E-state index in [-0.39, 0.29) is 24.2 Å². The molecule has 0 bridgehead atoms. The Labute approximate surface area is 305 Å². The van der Waals surface area contributed by atoms with Crippen molar-refractivity contribution in [1.29, 1.82) is 0 Å². The van der Waals surface area contributed by atoms with E-state index in [1.165, 1.54) is 77.9 Å². The second kappa shape index (κ2) is 14.2. The molecule has 51 heavy (non-hydrogen) atoms. The molecule has 0 N–H and O–H groups in total. The average molecular weight is 668 g/mol. The van der Waals surface area contributed by atoms with Gasteiger partial charge in [-0.15, -0.1) is 0 Å². The van der Waals surface area contributed by atoms with Crippen molar-refractivity contribution < 1.29 is 4.58 Å². The molecule has 0 aliphatic carbocycles. The van der Waals surface area contributed by atoms with Crippen LogP contribution >= 0.6 is 0 Å². The first-order valence-electron chi connectivity index (χ1n) is 18.4. The quantitative estimate of drug-likeness (QED) is 0.146. The van der Waals surface area contributed by atoms with Crippen LogP contribution in [0.25, 0.3) is 0 Å². The molecule has 6 aromatic rings. The molecule has 2 atom stereocenters. The summed E-state index contributed by atoms with van der Waals surface area (Å²) < 4.78 is 2.70. The van der Waals surface area contributed by atoms with Crippen LogP contribution in [0.2, 0.25) is 0 Å². The largest absolute Gasteiger partial charge is 0.245 e. The highest BCUT2D eigenvalue weighted by atomic mass is 15.3. The Hall–Kier alpha value is -5.21. The van der Waals surface area contributed by atoms with Crippen molar-refractivity contribution in [2.75, 3.05) is 0 Å². The molecule has 2 heteroatoms. The van der Waals surface area contributed by atoms with Gasteiger partial charge in [0.2, 0.25) is 6.34 Å². The molecule has 1 aliphatic heterocycles. The Morgan fingerprint density at radius 1 is 0.431 bits per heavy atom. The number of aryl methyl sites for hydroxylation is 8. The van der Waals surface area contributed by atoms with Crippen molar-refractivity contribution >= 4 is 6.34 Å². The van der Waals surface area contributed by atoms with Crippen LogP contribution < -0.4 is 0 Å². The summed E-state index contributed by atoms with van der Waals surface area (Å²) in [6.07, 6.45) is 2.50. The van der Waals surface area contributed by atoms with E-state index in [4.69, 9.17) is 0 Å². The lowest BCUT2D eigenvalue weighted by molar-refractivity contribution is -0.596. The summed E-state index contributed by atoms with van der Waals surface area (Å²) in [4.78, 5) is 2.70. The van der Waals surface area contributed by atoms with Crippen molar-refractivity contribution in [3.05, 3.63) is 211 Å². The summed E-state index contributed by atoms with van der Waals surface area (Å²) in [5.74, 6) is 0. The van der Waals surface area contributed by atoms with Crippen LogP contribution in [-0.4, -0.2) is 15.8 Å². The van der Waals surface area contributed by atoms with Gasteiger partial charge in [0.25, 0.3) is 0 Å². The molecule has 0 radical (unpaired) electrons. The molecule has 0 aromatic heterocycles. The standard InChI is InChI=1S/C49H51N2/c1-32-19-23-42(36(5)27-32)48(43-24-20-33(2)28-37(43)6)50-31-51(47(41-17-13-10-14-18-41)46(50)40-15-11-9-12-16-40)49(44-25-21-34(3)29-38(44)7)45-26-22-35(4)30-39(45)8/h9-31,46-49H,1-8H3/q+1/t46-,47-/m0/s1. The van der Waals surface area contributed by atoms with Gasteiger partial charge in [0, 0.05) is 33.4 Å². The highest BCUT2D eigenvalue weighted by molar-refractivity contribution is 5.60. The van der Waals surface area contributed by atoms with E-state index in [1.807, 2.05) is 0 Å². The third-order valence-electron chi connectivity index (χ3n) is 11.0. The van der Waals surface area contributed by atoms with Crippen LogP contribution in [0.15, 0.2) is 133 Å². The zero-order valence-corrected chi connectivity index (χ0v) is 31.5. The van der Waals surface area contributed by atoms with Gasteiger partial charge in [-0.3, -0.25) is 0 Å². The summed E-state index contributed by atoms with van der Waals surface area (Å²) in [7, 11) is 0. The molecule has 0 saturated carbocycles. The molecule has 0 amide bonds. The predicted octanol–water partition coefficient (Wildman–Crippen LogP) is 11.9. The van der Waals surface area contributed by atoms with Gasteiger partial charge in [0.05, 0.1) is 0 Å². The van der Waals surface area contributed by atoms with Gasteiger partial charge in [0.1, 0.15) is 12.1 Å². The van der Waals surface area contributed by atoms with Crippen molar-refractivity contribution in [2.45, 2.75) is 79.6 Å². The van der Waals surface area contributed by atoms with Crippen molar-refractivity contribution in [2.24, 2.45) is 0 Å². The molecule has 7 rings (SSSR count). The van der Waals surface area contributed by atoms with Crippen molar-refractivity contribution in [3.63, 3.8) is 0 Å². The Balaban J connectivity index is 1.58. The smallest absolute Gasteiger partial charge is 0.237 e. The lowest BCUT2D eigenvalue weighted by atomic mass is 9.85. The maximum atomic E-state index is 2.70. The van der Waals surface area contributed by atoms with Crippen molar-refractivity contribution in [3.8, 4) is 0 Å². The van der Waals surface area contributed by atoms with Crippen molar-refractivity contribution in [1.82, 2.24) is 4.90 Å². The maximum absolute atomic E-state index is 2.70. The molecule has 256 valence electrons. The van der Waals surface area contributed by atoms with Crippen LogP contribution in [0.3, 0.4) is 0 Å². The van der Waals surface area contributed by atoms with Crippen LogP contribution in [0.5, 0.6) is 0 Å². The SMILES string of the molecule is Cc1ccc(C(c2ccc(C)cc2C)N2C=[N+](C(c3ccc(C)cc3C)c3ccc(C)cc3C)[C@@H](c3ccccc3)[C@@H]2c2ccccc2)c(C)c1. The molecular formula is C49H51N2+. The monoisotopic (exact) mass is 667 g/mol. The summed E-state index contributed by atoms with van der Waals surface area (Å²) in [6.45, 7) is 17.9. The minimum atomic E-state index is -0.00787. The molecule has 6 aromatic carbocycles. The van der Waals surface area contributed by atoms with E-state index >= 15 is 0 Å². The average Bonchev–Trinajstić information content (AvgIpc) is 3.49. The number of hydrogen-bond donors (Lipinski definition) is 0. The first-order chi connectivity index (χ1) is 24.6. The Kier molecular flexibility index (Phi) is 9.53. The Morgan fingerprint density at radius 2 is 0.804 bits per heavy atom. The number of nitrogens with zero attached hydrogens (tertiary/aromatic N) is 2. The second-order valence-electron chi connectivity index (χ2n) is 15.0. The molecule has 0 spiro atoms. The van der Waals surface area contributed by atoms with Gasteiger partial charge in [-0.2, -0.15) is 0 Å². The third-order valence-corrected chi connectivity index (χ3v) is 11.0. The van der Waals surface area contributed by atoms with Crippen LogP contribution in [0.4, 0.5) is 0 Å². The number of hydrogen-bond acceptors (Lipinski definition) is 1. The highest BCUT2D eigenvalue weighted by Gasteiger charge is 2.51. The van der Waals surface area contributed by atoms with E-state index in [2.05, 4.69) is 205 Å². The molecule has 1 aliphatic rings. The van der Waals surface area contributed by atoms with Gasteiger partial charge >= 0.3 is 0 Å². The van der Waals surface area contributed by atoms with Gasteiger partial charge in [-0.1, -0.05) is 156 Å². The summed E-state index contributed by atoms with van der Waals surface area (Å²) in [5, 5.41) is 0. The fraction of sp³-hybridized carbons (Fsp3) is 0.245. The summed E-state index contributed by atoms with van der Waals surface area (Å²) in [6, 6.07) is 50.5. The van der Waals surface area contributed by atoms with Gasteiger partial charge in [-0.25, -0.2) is 9.48 Å². The summed E-state index contributed by atoms with van der Waals surface area (Å²) in [5.41, 5.74) is 18.4. The molecular weight excluding hydrogens is 617 g/mol. The topological polar surface area (TPSA) is 6.25 Å². The molecule has 2 nitrogen and oxygen atoms in total. The predicted molar refractivity (Wildman–Crippen MR) is 214 cm³/mol. The summed E-state index contributed by atoms with van der Waals surface area (Å²) >= 11 is 0. The van der Waals surface area contributed by atoms with Crippen LogP contribution in [0, 0.1) is 55.4 Å². The van der Waals surface area contributed by atoms with E-state index in [0.29, 0.717) is 0 Å². The fourth-order valence-electron chi connectivity index (χ4n) is 8.59. The van der Waals surface area contributed by atoms with E-state index in [9.17, 15) is 0 Å². The lowest BCUT2D eigenvalue weighted by Gasteiger charge is -2.32. The molecule has 0 fully saturated rings. The molecule has 0 unspecified atom stereocenters. The van der Waals surface area contributed by atoms with Crippen LogP contribution in [-0.2, 0) is 0 Å². The zero-order valence-electron chi connectivity index (χ0n) is 31.5. The third kappa shape index (κ3) is 6.68. The number of benzene rings is 6. The Morgan fingerprint density at radius 3 is 1.20 bits per heavy atom. The first kappa shape index (κ1) is 34.2. The normalized spacial score (nSPS) is 15.9. The van der Waals surface area contributed by atoms with Gasteiger partial charge in [-0.05, 0) is 77.6 Å². The first-order valence-corrected chi connectivity index (χ1v) is 18.4. The second-order valence-corrected chi connectivity index (χ2v) is 15.0. The maximum Gasteiger partial charge on any atom is 0.237 e. The fourth-order valence-corrected chi connectivity index (χ4v) is 8.59. The lowest BCUT2D eigenvalue weighted by Crippen LogP contribution is -2.32. The van der Waals surface area contributed by atoms with E-state index < -0.39 is 0 Å². The van der Waals surface area contributed by atoms with E-state index in [0.717, 1.165) is 0 Å². The van der Waals surface area contributed by atoms with Gasteiger partial charge in [0.15, 0.2) is 12.1 Å². The molecule has 0 saturated heterocycles. The Bertz CT molecular complexity index is 2110. The minimum absolute atomic E-state index is 0.00787. The molecule has 1 heterocycles.